The summed E-state index contributed by atoms with van der Waals surface area (Å²) in [5.74, 6) is 0.191. The zero-order chi connectivity index (χ0) is 12.3. The van der Waals surface area contributed by atoms with Crippen molar-refractivity contribution in [2.24, 2.45) is 0 Å². The van der Waals surface area contributed by atoms with Crippen LogP contribution < -0.4 is 5.32 Å². The number of aromatic nitrogens is 1. The van der Waals surface area contributed by atoms with Crippen LogP contribution in [-0.2, 0) is 6.54 Å². The fraction of sp³-hybridized carbons (Fsp3) is 0.100. The van der Waals surface area contributed by atoms with E-state index in [4.69, 9.17) is 11.6 Å². The molecule has 0 spiro atoms. The van der Waals surface area contributed by atoms with E-state index in [2.05, 4.69) is 10.3 Å². The van der Waals surface area contributed by atoms with Crippen molar-refractivity contribution in [3.8, 4) is 0 Å². The third kappa shape index (κ3) is 2.72. The zero-order valence-electron chi connectivity index (χ0n) is 8.59. The molecule has 0 unspecified atom stereocenters. The molecule has 2 rings (SSSR count). The van der Waals surface area contributed by atoms with Crippen LogP contribution in [0.4, 0.5) is 11.5 Å². The average Bonchev–Trinajstić information content (AvgIpc) is 2.78. The summed E-state index contributed by atoms with van der Waals surface area (Å²) in [6.45, 7) is 0.492. The molecule has 1 N–H and O–H groups in total. The molecule has 0 atom stereocenters. The summed E-state index contributed by atoms with van der Waals surface area (Å²) in [6, 6.07) is 5.26. The van der Waals surface area contributed by atoms with Crippen LogP contribution in [0, 0.1) is 10.1 Å². The van der Waals surface area contributed by atoms with Gasteiger partial charge in [0.15, 0.2) is 0 Å². The van der Waals surface area contributed by atoms with Gasteiger partial charge in [0.2, 0.25) is 5.82 Å². The van der Waals surface area contributed by atoms with E-state index in [1.54, 1.807) is 11.3 Å². The van der Waals surface area contributed by atoms with Gasteiger partial charge in [-0.15, -0.1) is 11.3 Å². The minimum atomic E-state index is -0.536. The highest BCUT2D eigenvalue weighted by Crippen LogP contribution is 2.30. The third-order valence-corrected chi connectivity index (χ3v) is 3.25. The number of hydrogen-bond donors (Lipinski definition) is 1. The van der Waals surface area contributed by atoms with Crippen LogP contribution in [0.15, 0.2) is 29.8 Å². The van der Waals surface area contributed by atoms with Gasteiger partial charge in [0, 0.05) is 11.1 Å². The second kappa shape index (κ2) is 5.11. The second-order valence-electron chi connectivity index (χ2n) is 3.18. The Labute approximate surface area is 106 Å². The van der Waals surface area contributed by atoms with Crippen LogP contribution in [0.1, 0.15) is 4.88 Å². The summed E-state index contributed by atoms with van der Waals surface area (Å²) in [7, 11) is 0. The van der Waals surface area contributed by atoms with E-state index in [0.29, 0.717) is 6.54 Å². The van der Waals surface area contributed by atoms with Crippen molar-refractivity contribution in [3.05, 3.63) is 49.8 Å². The van der Waals surface area contributed by atoms with Gasteiger partial charge in [-0.2, -0.15) is 0 Å². The second-order valence-corrected chi connectivity index (χ2v) is 4.62. The van der Waals surface area contributed by atoms with Crippen LogP contribution in [0.25, 0.3) is 0 Å². The lowest BCUT2D eigenvalue weighted by atomic mass is 10.3. The fourth-order valence-electron chi connectivity index (χ4n) is 1.32. The maximum atomic E-state index is 10.8. The van der Waals surface area contributed by atoms with Crippen LogP contribution >= 0.6 is 22.9 Å². The van der Waals surface area contributed by atoms with Gasteiger partial charge < -0.3 is 5.32 Å². The van der Waals surface area contributed by atoms with Gasteiger partial charge in [-0.25, -0.2) is 4.98 Å². The quantitative estimate of drug-likeness (QED) is 0.683. The predicted octanol–water partition coefficient (Wildman–Crippen LogP) is 3.32. The summed E-state index contributed by atoms with van der Waals surface area (Å²) >= 11 is 7.33. The van der Waals surface area contributed by atoms with Gasteiger partial charge in [-0.1, -0.05) is 17.7 Å². The van der Waals surface area contributed by atoms with Crippen molar-refractivity contribution in [2.45, 2.75) is 6.54 Å². The van der Waals surface area contributed by atoms with Crippen LogP contribution in [0.2, 0.25) is 5.02 Å². The molecule has 0 aliphatic rings. The first-order valence-electron chi connectivity index (χ1n) is 4.73. The van der Waals surface area contributed by atoms with E-state index in [9.17, 15) is 10.1 Å². The number of pyridine rings is 1. The number of hydrogen-bond acceptors (Lipinski definition) is 5. The predicted molar refractivity (Wildman–Crippen MR) is 67.5 cm³/mol. The zero-order valence-corrected chi connectivity index (χ0v) is 10.2. The first kappa shape index (κ1) is 11.8. The molecule has 2 aromatic heterocycles. The minimum Gasteiger partial charge on any atom is -0.359 e. The molecule has 0 aromatic carbocycles. The van der Waals surface area contributed by atoms with Crippen LogP contribution in [0.5, 0.6) is 0 Å². The highest BCUT2D eigenvalue weighted by atomic mass is 35.5. The Morgan fingerprint density at radius 1 is 1.53 bits per heavy atom. The highest BCUT2D eigenvalue weighted by molar-refractivity contribution is 7.09. The third-order valence-electron chi connectivity index (χ3n) is 2.07. The molecule has 0 amide bonds. The lowest BCUT2D eigenvalue weighted by molar-refractivity contribution is -0.384. The Morgan fingerprint density at radius 3 is 3.00 bits per heavy atom. The molecule has 17 heavy (non-hydrogen) atoms. The first-order valence-corrected chi connectivity index (χ1v) is 5.99. The first-order chi connectivity index (χ1) is 8.18. The lowest BCUT2D eigenvalue weighted by Gasteiger charge is -2.05. The summed E-state index contributed by atoms with van der Waals surface area (Å²) in [4.78, 5) is 15.3. The van der Waals surface area contributed by atoms with Crippen molar-refractivity contribution in [2.75, 3.05) is 5.32 Å². The molecule has 0 aliphatic heterocycles. The van der Waals surface area contributed by atoms with E-state index >= 15 is 0 Å². The smallest absolute Gasteiger partial charge is 0.329 e. The number of anilines is 1. The van der Waals surface area contributed by atoms with Crippen molar-refractivity contribution in [1.29, 1.82) is 0 Å². The number of thiophene rings is 1. The average molecular weight is 270 g/mol. The molecule has 7 heteroatoms. The Hall–Kier alpha value is -1.66. The maximum Gasteiger partial charge on any atom is 0.329 e. The Kier molecular flexibility index (Phi) is 3.55. The summed E-state index contributed by atoms with van der Waals surface area (Å²) in [5.41, 5.74) is -0.189. The lowest BCUT2D eigenvalue weighted by Crippen LogP contribution is -2.03. The van der Waals surface area contributed by atoms with Gasteiger partial charge >= 0.3 is 5.69 Å². The molecule has 0 bridgehead atoms. The molecule has 2 aromatic rings. The molecule has 0 radical (unpaired) electrons. The van der Waals surface area contributed by atoms with Gasteiger partial charge in [0.05, 0.1) is 11.5 Å². The largest absolute Gasteiger partial charge is 0.359 e. The van der Waals surface area contributed by atoms with E-state index in [1.165, 1.54) is 12.3 Å². The number of nitro groups is 1. The molecule has 0 saturated carbocycles. The Bertz CT molecular complexity index is 530. The molecule has 5 nitrogen and oxygen atoms in total. The number of halogens is 1. The van der Waals surface area contributed by atoms with Gasteiger partial charge in [0.25, 0.3) is 0 Å². The summed E-state index contributed by atoms with van der Waals surface area (Å²) in [5, 5.41) is 15.8. The molecule has 0 saturated heterocycles. The van der Waals surface area contributed by atoms with Crippen molar-refractivity contribution in [1.82, 2.24) is 4.98 Å². The standard InChI is InChI=1S/C10H8ClN3O2S/c11-8-3-4-12-10(9(8)14(15)16)13-6-7-2-1-5-17-7/h1-5H,6H2,(H,12,13). The summed E-state index contributed by atoms with van der Waals surface area (Å²) in [6.07, 6.45) is 1.44. The minimum absolute atomic E-state index is 0.0821. The van der Waals surface area contributed by atoms with E-state index < -0.39 is 4.92 Å². The van der Waals surface area contributed by atoms with Gasteiger partial charge in [0.1, 0.15) is 5.02 Å². The van der Waals surface area contributed by atoms with Crippen molar-refractivity contribution in [3.63, 3.8) is 0 Å². The van der Waals surface area contributed by atoms with Crippen LogP contribution in [-0.4, -0.2) is 9.91 Å². The number of nitrogens with zero attached hydrogens (tertiary/aromatic N) is 2. The Morgan fingerprint density at radius 2 is 2.35 bits per heavy atom. The van der Waals surface area contributed by atoms with Gasteiger partial charge in [-0.05, 0) is 17.5 Å². The SMILES string of the molecule is O=[N+]([O-])c1c(Cl)ccnc1NCc1cccs1. The monoisotopic (exact) mass is 269 g/mol. The van der Waals surface area contributed by atoms with Crippen molar-refractivity contribution < 1.29 is 4.92 Å². The number of nitrogens with one attached hydrogen (secondary N) is 1. The maximum absolute atomic E-state index is 10.8. The van der Waals surface area contributed by atoms with Gasteiger partial charge in [-0.3, -0.25) is 10.1 Å². The van der Waals surface area contributed by atoms with Crippen molar-refractivity contribution >= 4 is 34.4 Å². The van der Waals surface area contributed by atoms with Crippen LogP contribution in [0.3, 0.4) is 0 Å². The molecule has 0 fully saturated rings. The van der Waals surface area contributed by atoms with E-state index in [1.807, 2.05) is 17.5 Å². The highest BCUT2D eigenvalue weighted by Gasteiger charge is 2.19. The number of rotatable bonds is 4. The molecular weight excluding hydrogens is 262 g/mol. The normalized spacial score (nSPS) is 10.2. The molecule has 2 heterocycles. The van der Waals surface area contributed by atoms with E-state index in [0.717, 1.165) is 4.88 Å². The summed E-state index contributed by atoms with van der Waals surface area (Å²) < 4.78 is 0. The molecular formula is C10H8ClN3O2S. The molecule has 0 aliphatic carbocycles. The Balaban J connectivity index is 2.21. The fourth-order valence-corrected chi connectivity index (χ4v) is 2.18. The van der Waals surface area contributed by atoms with E-state index in [-0.39, 0.29) is 16.5 Å². The molecule has 88 valence electrons. The topological polar surface area (TPSA) is 68.1 Å².